The second-order valence-corrected chi connectivity index (χ2v) is 8.59. The third-order valence-corrected chi connectivity index (χ3v) is 6.60. The van der Waals surface area contributed by atoms with Crippen molar-refractivity contribution in [2.75, 3.05) is 0 Å². The molecule has 2 aromatic heterocycles. The number of pyridine rings is 1. The Hall–Kier alpha value is -2.31. The SMILES string of the molecule is O=C(CCc1ccncc1)NC12CC3CC(C1)CC(n1ncnn1)(C3)C2. The summed E-state index contributed by atoms with van der Waals surface area (Å²) in [6, 6.07) is 3.95. The van der Waals surface area contributed by atoms with Gasteiger partial charge in [0.25, 0.3) is 0 Å². The Morgan fingerprint density at radius 2 is 1.96 bits per heavy atom. The minimum absolute atomic E-state index is 0.0566. The van der Waals surface area contributed by atoms with Crippen LogP contribution in [0.5, 0.6) is 0 Å². The van der Waals surface area contributed by atoms with Crippen LogP contribution in [0.15, 0.2) is 30.9 Å². The second-order valence-electron chi connectivity index (χ2n) is 8.59. The van der Waals surface area contributed by atoms with Crippen LogP contribution < -0.4 is 5.32 Å². The van der Waals surface area contributed by atoms with Crippen LogP contribution >= 0.6 is 0 Å². The van der Waals surface area contributed by atoms with Gasteiger partial charge in [0.15, 0.2) is 6.33 Å². The van der Waals surface area contributed by atoms with Crippen molar-refractivity contribution in [2.45, 2.75) is 62.4 Å². The molecule has 4 bridgehead atoms. The average Bonchev–Trinajstić information content (AvgIpc) is 3.15. The Morgan fingerprint density at radius 1 is 1.19 bits per heavy atom. The summed E-state index contributed by atoms with van der Waals surface area (Å²) < 4.78 is 0. The van der Waals surface area contributed by atoms with Gasteiger partial charge in [-0.25, -0.2) is 0 Å². The Bertz CT molecular complexity index is 776. The maximum Gasteiger partial charge on any atom is 0.220 e. The first-order chi connectivity index (χ1) is 12.6. The van der Waals surface area contributed by atoms with Gasteiger partial charge in [0, 0.05) is 24.4 Å². The fourth-order valence-electron chi connectivity index (χ4n) is 6.14. The normalized spacial score (nSPS) is 34.8. The lowest BCUT2D eigenvalue weighted by atomic mass is 9.50. The van der Waals surface area contributed by atoms with Crippen molar-refractivity contribution < 1.29 is 4.79 Å². The van der Waals surface area contributed by atoms with Gasteiger partial charge in [0.05, 0.1) is 5.54 Å². The highest BCUT2D eigenvalue weighted by Crippen LogP contribution is 2.60. The van der Waals surface area contributed by atoms with E-state index >= 15 is 0 Å². The first-order valence-corrected chi connectivity index (χ1v) is 9.58. The number of carbonyl (C=O) groups is 1. The number of nitrogens with one attached hydrogen (secondary N) is 1. The van der Waals surface area contributed by atoms with Crippen LogP contribution in [0, 0.1) is 11.8 Å². The molecule has 2 aromatic rings. The number of carbonyl (C=O) groups excluding carboxylic acids is 1. The third-order valence-electron chi connectivity index (χ3n) is 6.60. The van der Waals surface area contributed by atoms with E-state index in [2.05, 4.69) is 25.7 Å². The zero-order valence-corrected chi connectivity index (χ0v) is 14.8. The van der Waals surface area contributed by atoms with Gasteiger partial charge in [-0.15, -0.1) is 10.2 Å². The Kier molecular flexibility index (Phi) is 3.58. The molecule has 2 unspecified atom stereocenters. The lowest BCUT2D eigenvalue weighted by molar-refractivity contribution is -0.131. The number of hydrogen-bond donors (Lipinski definition) is 1. The molecule has 7 heteroatoms. The van der Waals surface area contributed by atoms with E-state index < -0.39 is 0 Å². The van der Waals surface area contributed by atoms with Gasteiger partial charge in [-0.2, -0.15) is 4.80 Å². The van der Waals surface area contributed by atoms with E-state index in [1.807, 2.05) is 16.9 Å². The van der Waals surface area contributed by atoms with Gasteiger partial charge < -0.3 is 5.32 Å². The zero-order valence-electron chi connectivity index (χ0n) is 14.8. The van der Waals surface area contributed by atoms with Crippen molar-refractivity contribution in [2.24, 2.45) is 11.8 Å². The van der Waals surface area contributed by atoms with E-state index in [4.69, 9.17) is 0 Å². The number of aryl methyl sites for hydroxylation is 1. The molecule has 4 aliphatic carbocycles. The van der Waals surface area contributed by atoms with Gasteiger partial charge >= 0.3 is 0 Å². The number of hydrogen-bond acceptors (Lipinski definition) is 5. The predicted octanol–water partition coefficient (Wildman–Crippen LogP) is 1.86. The molecule has 7 nitrogen and oxygen atoms in total. The molecule has 136 valence electrons. The lowest BCUT2D eigenvalue weighted by Crippen LogP contribution is -2.66. The summed E-state index contributed by atoms with van der Waals surface area (Å²) in [5, 5.41) is 16.0. The number of amides is 1. The average molecular weight is 352 g/mol. The minimum Gasteiger partial charge on any atom is -0.351 e. The fourth-order valence-corrected chi connectivity index (χ4v) is 6.14. The first kappa shape index (κ1) is 15.9. The van der Waals surface area contributed by atoms with E-state index in [1.165, 1.54) is 12.7 Å². The topological polar surface area (TPSA) is 85.6 Å². The Labute approximate surface area is 152 Å². The largest absolute Gasteiger partial charge is 0.351 e. The molecule has 2 heterocycles. The molecule has 0 aromatic carbocycles. The standard InChI is InChI=1S/C19H24N6O/c26-17(2-1-14-3-5-20-6-4-14)23-18-8-15-7-16(9-18)11-19(10-15,12-18)25-22-13-21-24-25/h3-6,13,15-16H,1-2,7-12H2,(H,23,26). The molecule has 0 aliphatic heterocycles. The second kappa shape index (κ2) is 5.86. The molecule has 4 saturated carbocycles. The molecule has 4 fully saturated rings. The van der Waals surface area contributed by atoms with E-state index in [0.717, 1.165) is 44.1 Å². The van der Waals surface area contributed by atoms with Gasteiger partial charge in [-0.05, 0) is 79.7 Å². The molecule has 0 radical (unpaired) electrons. The number of tetrazole rings is 1. The molecule has 1 N–H and O–H groups in total. The van der Waals surface area contributed by atoms with E-state index in [9.17, 15) is 4.79 Å². The van der Waals surface area contributed by atoms with Crippen molar-refractivity contribution in [3.05, 3.63) is 36.4 Å². The summed E-state index contributed by atoms with van der Waals surface area (Å²) in [7, 11) is 0. The van der Waals surface area contributed by atoms with E-state index in [-0.39, 0.29) is 17.0 Å². The van der Waals surface area contributed by atoms with Crippen molar-refractivity contribution in [3.63, 3.8) is 0 Å². The van der Waals surface area contributed by atoms with Crippen LogP contribution in [0.4, 0.5) is 0 Å². The van der Waals surface area contributed by atoms with Crippen LogP contribution in [0.25, 0.3) is 0 Å². The number of nitrogens with zero attached hydrogens (tertiary/aromatic N) is 5. The molecule has 1 amide bonds. The number of rotatable bonds is 5. The molecule has 0 saturated heterocycles. The quantitative estimate of drug-likeness (QED) is 0.888. The monoisotopic (exact) mass is 352 g/mol. The number of aromatic nitrogens is 5. The molecular formula is C19H24N6O. The molecule has 0 spiro atoms. The van der Waals surface area contributed by atoms with Crippen molar-refractivity contribution in [3.8, 4) is 0 Å². The van der Waals surface area contributed by atoms with Gasteiger partial charge in [-0.3, -0.25) is 9.78 Å². The predicted molar refractivity (Wildman–Crippen MR) is 93.9 cm³/mol. The van der Waals surface area contributed by atoms with Gasteiger partial charge in [0.1, 0.15) is 0 Å². The fraction of sp³-hybridized carbons (Fsp3) is 0.632. The zero-order chi connectivity index (χ0) is 17.6. The Balaban J connectivity index is 1.31. The molecule has 26 heavy (non-hydrogen) atoms. The van der Waals surface area contributed by atoms with Crippen LogP contribution in [0.3, 0.4) is 0 Å². The van der Waals surface area contributed by atoms with Crippen LogP contribution in [0.1, 0.15) is 50.5 Å². The minimum atomic E-state index is -0.0902. The maximum atomic E-state index is 12.7. The molecule has 6 rings (SSSR count). The molecular weight excluding hydrogens is 328 g/mol. The van der Waals surface area contributed by atoms with Crippen molar-refractivity contribution in [1.82, 2.24) is 30.5 Å². The van der Waals surface area contributed by atoms with E-state index in [1.54, 1.807) is 12.4 Å². The summed E-state index contributed by atoms with van der Waals surface area (Å²) in [6.45, 7) is 0. The third kappa shape index (κ3) is 2.70. The lowest BCUT2D eigenvalue weighted by Gasteiger charge is -2.61. The smallest absolute Gasteiger partial charge is 0.220 e. The van der Waals surface area contributed by atoms with E-state index in [0.29, 0.717) is 18.3 Å². The molecule has 2 atom stereocenters. The van der Waals surface area contributed by atoms with Crippen LogP contribution in [-0.2, 0) is 16.8 Å². The summed E-state index contributed by atoms with van der Waals surface area (Å²) in [6.07, 6.45) is 13.0. The van der Waals surface area contributed by atoms with Gasteiger partial charge in [0.2, 0.25) is 5.91 Å². The van der Waals surface area contributed by atoms with Crippen molar-refractivity contribution >= 4 is 5.91 Å². The highest BCUT2D eigenvalue weighted by molar-refractivity contribution is 5.77. The van der Waals surface area contributed by atoms with Crippen LogP contribution in [0.2, 0.25) is 0 Å². The highest BCUT2D eigenvalue weighted by Gasteiger charge is 2.60. The summed E-state index contributed by atoms with van der Waals surface area (Å²) in [5.74, 6) is 1.47. The maximum absolute atomic E-state index is 12.7. The molecule has 4 aliphatic rings. The summed E-state index contributed by atoms with van der Waals surface area (Å²) in [4.78, 5) is 18.6. The van der Waals surface area contributed by atoms with Crippen molar-refractivity contribution in [1.29, 1.82) is 0 Å². The summed E-state index contributed by atoms with van der Waals surface area (Å²) >= 11 is 0. The Morgan fingerprint density at radius 3 is 2.65 bits per heavy atom. The van der Waals surface area contributed by atoms with Crippen LogP contribution in [-0.4, -0.2) is 36.6 Å². The summed E-state index contributed by atoms with van der Waals surface area (Å²) in [5.41, 5.74) is 1.01. The highest BCUT2D eigenvalue weighted by atomic mass is 16.1. The first-order valence-electron chi connectivity index (χ1n) is 9.58. The van der Waals surface area contributed by atoms with Gasteiger partial charge in [-0.1, -0.05) is 0 Å².